The average Bonchev–Trinajstić information content (AvgIpc) is 2.33. The number of anilines is 3. The molecule has 0 saturated carbocycles. The first-order chi connectivity index (χ1) is 8.97. The molecule has 5 nitrogen and oxygen atoms in total. The zero-order chi connectivity index (χ0) is 14.0. The van der Waals surface area contributed by atoms with Crippen molar-refractivity contribution >= 4 is 22.7 Å². The van der Waals surface area contributed by atoms with Crippen LogP contribution in [0.1, 0.15) is 11.1 Å². The summed E-state index contributed by atoms with van der Waals surface area (Å²) in [5.41, 5.74) is 9.77. The number of hydrogen-bond acceptors (Lipinski definition) is 4. The fraction of sp³-hybridized carbons (Fsp3) is 0.143. The molecule has 2 aromatic carbocycles. The van der Waals surface area contributed by atoms with E-state index < -0.39 is 4.92 Å². The molecular weight excluding hydrogens is 242 g/mol. The summed E-state index contributed by atoms with van der Waals surface area (Å²) >= 11 is 0. The van der Waals surface area contributed by atoms with Gasteiger partial charge in [0.25, 0.3) is 5.69 Å². The second kappa shape index (κ2) is 4.97. The first-order valence-corrected chi connectivity index (χ1v) is 5.85. The van der Waals surface area contributed by atoms with E-state index in [1.54, 1.807) is 12.1 Å². The fourth-order valence-electron chi connectivity index (χ4n) is 1.78. The molecule has 0 unspecified atom stereocenters. The van der Waals surface area contributed by atoms with Crippen LogP contribution >= 0.6 is 0 Å². The Bertz CT molecular complexity index is 639. The highest BCUT2D eigenvalue weighted by Crippen LogP contribution is 2.27. The monoisotopic (exact) mass is 257 g/mol. The number of nitrogen functional groups attached to an aromatic ring is 1. The van der Waals surface area contributed by atoms with Gasteiger partial charge < -0.3 is 11.1 Å². The van der Waals surface area contributed by atoms with E-state index in [2.05, 4.69) is 5.32 Å². The first-order valence-electron chi connectivity index (χ1n) is 5.85. The van der Waals surface area contributed by atoms with Crippen LogP contribution in [0, 0.1) is 24.0 Å². The molecule has 2 rings (SSSR count). The number of rotatable bonds is 3. The number of nitrogens with two attached hydrogens (primary N) is 1. The molecule has 0 amide bonds. The zero-order valence-corrected chi connectivity index (χ0v) is 10.8. The number of hydrogen-bond donors (Lipinski definition) is 2. The smallest absolute Gasteiger partial charge is 0.292 e. The SMILES string of the molecule is Cc1ccc(Nc2ccc([N+](=O)[O-])c(N)c2)cc1C. The van der Waals surface area contributed by atoms with Gasteiger partial charge in [0.05, 0.1) is 4.92 Å². The van der Waals surface area contributed by atoms with Gasteiger partial charge in [-0.1, -0.05) is 6.07 Å². The molecule has 0 aliphatic heterocycles. The number of benzene rings is 2. The first kappa shape index (κ1) is 12.9. The molecule has 0 spiro atoms. The minimum atomic E-state index is -0.491. The van der Waals surface area contributed by atoms with Crippen molar-refractivity contribution in [3.8, 4) is 0 Å². The lowest BCUT2D eigenvalue weighted by Gasteiger charge is -2.09. The lowest BCUT2D eigenvalue weighted by Crippen LogP contribution is -1.98. The van der Waals surface area contributed by atoms with E-state index in [0.717, 1.165) is 11.4 Å². The largest absolute Gasteiger partial charge is 0.393 e. The van der Waals surface area contributed by atoms with Crippen molar-refractivity contribution in [2.45, 2.75) is 13.8 Å². The number of nitrogens with zero attached hydrogens (tertiary/aromatic N) is 1. The highest BCUT2D eigenvalue weighted by molar-refractivity contribution is 5.70. The molecule has 2 aromatic rings. The Morgan fingerprint density at radius 3 is 2.26 bits per heavy atom. The summed E-state index contributed by atoms with van der Waals surface area (Å²) < 4.78 is 0. The van der Waals surface area contributed by atoms with Crippen LogP contribution in [-0.2, 0) is 0 Å². The Morgan fingerprint density at radius 1 is 1.05 bits per heavy atom. The van der Waals surface area contributed by atoms with Crippen molar-refractivity contribution in [3.05, 3.63) is 57.6 Å². The molecule has 0 bridgehead atoms. The van der Waals surface area contributed by atoms with Gasteiger partial charge in [0, 0.05) is 17.4 Å². The van der Waals surface area contributed by atoms with Crippen LogP contribution < -0.4 is 11.1 Å². The number of nitro groups is 1. The molecule has 0 heterocycles. The van der Waals surface area contributed by atoms with Gasteiger partial charge in [-0.3, -0.25) is 10.1 Å². The quantitative estimate of drug-likeness (QED) is 0.500. The molecule has 0 fully saturated rings. The van der Waals surface area contributed by atoms with Gasteiger partial charge in [-0.05, 0) is 49.2 Å². The molecule has 0 aliphatic rings. The maximum atomic E-state index is 10.7. The highest BCUT2D eigenvalue weighted by Gasteiger charge is 2.11. The van der Waals surface area contributed by atoms with Crippen molar-refractivity contribution in [3.63, 3.8) is 0 Å². The van der Waals surface area contributed by atoms with Gasteiger partial charge in [-0.2, -0.15) is 0 Å². The molecule has 98 valence electrons. The van der Waals surface area contributed by atoms with Gasteiger partial charge in [0.15, 0.2) is 0 Å². The molecule has 0 aromatic heterocycles. The molecule has 0 saturated heterocycles. The molecule has 3 N–H and O–H groups in total. The fourth-order valence-corrected chi connectivity index (χ4v) is 1.78. The minimum absolute atomic E-state index is 0.0781. The van der Waals surface area contributed by atoms with E-state index in [1.807, 2.05) is 32.0 Å². The topological polar surface area (TPSA) is 81.2 Å². The van der Waals surface area contributed by atoms with Crippen LogP contribution in [0.4, 0.5) is 22.7 Å². The van der Waals surface area contributed by atoms with Gasteiger partial charge in [0.2, 0.25) is 0 Å². The third kappa shape index (κ3) is 2.82. The maximum absolute atomic E-state index is 10.7. The van der Waals surface area contributed by atoms with Crippen LogP contribution in [0.15, 0.2) is 36.4 Å². The van der Waals surface area contributed by atoms with E-state index >= 15 is 0 Å². The molecule has 0 radical (unpaired) electrons. The molecule has 0 aliphatic carbocycles. The van der Waals surface area contributed by atoms with Crippen LogP contribution in [0.2, 0.25) is 0 Å². The van der Waals surface area contributed by atoms with E-state index in [4.69, 9.17) is 5.73 Å². The predicted octanol–water partition coefficient (Wildman–Crippen LogP) is 3.54. The standard InChI is InChI=1S/C14H15N3O2/c1-9-3-4-11(7-10(9)2)16-12-5-6-14(17(18)19)13(15)8-12/h3-8,16H,15H2,1-2H3. The molecule has 19 heavy (non-hydrogen) atoms. The van der Waals surface area contributed by atoms with Gasteiger partial charge in [-0.15, -0.1) is 0 Å². The number of nitro benzene ring substituents is 1. The van der Waals surface area contributed by atoms with E-state index in [0.29, 0.717) is 0 Å². The summed E-state index contributed by atoms with van der Waals surface area (Å²) in [7, 11) is 0. The van der Waals surface area contributed by atoms with E-state index in [1.165, 1.54) is 17.2 Å². The Hall–Kier alpha value is -2.56. The third-order valence-electron chi connectivity index (χ3n) is 3.02. The Labute approximate surface area is 111 Å². The Kier molecular flexibility index (Phi) is 3.37. The van der Waals surface area contributed by atoms with Crippen LogP contribution in [0.25, 0.3) is 0 Å². The van der Waals surface area contributed by atoms with Crippen molar-refractivity contribution < 1.29 is 4.92 Å². The second-order valence-corrected chi connectivity index (χ2v) is 4.45. The number of nitrogens with one attached hydrogen (secondary N) is 1. The highest BCUT2D eigenvalue weighted by atomic mass is 16.6. The summed E-state index contributed by atoms with van der Waals surface area (Å²) in [6.45, 7) is 4.08. The van der Waals surface area contributed by atoms with Gasteiger partial charge in [-0.25, -0.2) is 0 Å². The molecule has 0 atom stereocenters. The van der Waals surface area contributed by atoms with Crippen molar-refractivity contribution in [1.82, 2.24) is 0 Å². The molecular formula is C14H15N3O2. The summed E-state index contributed by atoms with van der Waals surface area (Å²) in [6, 6.07) is 10.6. The summed E-state index contributed by atoms with van der Waals surface area (Å²) in [4.78, 5) is 10.2. The van der Waals surface area contributed by atoms with Gasteiger partial charge >= 0.3 is 0 Å². The van der Waals surface area contributed by atoms with Crippen LogP contribution in [0.3, 0.4) is 0 Å². The predicted molar refractivity (Wildman–Crippen MR) is 76.7 cm³/mol. The Morgan fingerprint density at radius 2 is 1.68 bits per heavy atom. The lowest BCUT2D eigenvalue weighted by molar-refractivity contribution is -0.383. The summed E-state index contributed by atoms with van der Waals surface area (Å²) in [5.74, 6) is 0. The summed E-state index contributed by atoms with van der Waals surface area (Å²) in [5, 5.41) is 13.9. The summed E-state index contributed by atoms with van der Waals surface area (Å²) in [6.07, 6.45) is 0. The maximum Gasteiger partial charge on any atom is 0.292 e. The average molecular weight is 257 g/mol. The van der Waals surface area contributed by atoms with Crippen molar-refractivity contribution in [2.24, 2.45) is 0 Å². The van der Waals surface area contributed by atoms with Gasteiger partial charge in [0.1, 0.15) is 5.69 Å². The van der Waals surface area contributed by atoms with Crippen molar-refractivity contribution in [1.29, 1.82) is 0 Å². The Balaban J connectivity index is 2.26. The minimum Gasteiger partial charge on any atom is -0.393 e. The third-order valence-corrected chi connectivity index (χ3v) is 3.02. The van der Waals surface area contributed by atoms with Crippen LogP contribution in [0.5, 0.6) is 0 Å². The second-order valence-electron chi connectivity index (χ2n) is 4.45. The zero-order valence-electron chi connectivity index (χ0n) is 10.8. The number of aryl methyl sites for hydroxylation is 2. The van der Waals surface area contributed by atoms with E-state index in [9.17, 15) is 10.1 Å². The van der Waals surface area contributed by atoms with E-state index in [-0.39, 0.29) is 11.4 Å². The van der Waals surface area contributed by atoms with Crippen molar-refractivity contribution in [2.75, 3.05) is 11.1 Å². The molecule has 5 heteroatoms. The van der Waals surface area contributed by atoms with Crippen LogP contribution in [-0.4, -0.2) is 4.92 Å². The normalized spacial score (nSPS) is 10.2. The lowest BCUT2D eigenvalue weighted by atomic mass is 10.1.